The summed E-state index contributed by atoms with van der Waals surface area (Å²) in [5, 5.41) is 6.73. The third-order valence-corrected chi connectivity index (χ3v) is 3.60. The summed E-state index contributed by atoms with van der Waals surface area (Å²) >= 11 is 12.0. The topological polar surface area (TPSA) is 50.4 Å². The van der Waals surface area contributed by atoms with Crippen LogP contribution in [-0.4, -0.2) is 38.3 Å². The summed E-state index contributed by atoms with van der Waals surface area (Å²) < 4.78 is 5.28. The van der Waals surface area contributed by atoms with Gasteiger partial charge in [0.2, 0.25) is 0 Å². The van der Waals surface area contributed by atoms with Gasteiger partial charge in [0.05, 0.1) is 27.8 Å². The number of rotatable bonds is 3. The highest BCUT2D eigenvalue weighted by Gasteiger charge is 2.29. The molecule has 18 heavy (non-hydrogen) atoms. The van der Waals surface area contributed by atoms with Crippen LogP contribution < -0.4 is 10.6 Å². The van der Waals surface area contributed by atoms with E-state index < -0.39 is 0 Å². The van der Waals surface area contributed by atoms with Crippen molar-refractivity contribution in [1.82, 2.24) is 10.6 Å². The third-order valence-electron chi connectivity index (χ3n) is 2.97. The fourth-order valence-electron chi connectivity index (χ4n) is 2.00. The third kappa shape index (κ3) is 2.78. The highest BCUT2D eigenvalue weighted by atomic mass is 35.5. The summed E-state index contributed by atoms with van der Waals surface area (Å²) in [6.45, 7) is 1.39. The quantitative estimate of drug-likeness (QED) is 0.890. The Kier molecular flexibility index (Phi) is 4.45. The molecule has 1 amide bonds. The smallest absolute Gasteiger partial charge is 0.254 e. The number of halogens is 2. The lowest BCUT2D eigenvalue weighted by Crippen LogP contribution is -2.43. The SMILES string of the molecule is CO[C@H]1CNCC1NC(=O)c1c(Cl)cccc1Cl. The van der Waals surface area contributed by atoms with E-state index in [0.29, 0.717) is 22.2 Å². The molecule has 1 saturated heterocycles. The molecule has 1 aromatic carbocycles. The zero-order valence-corrected chi connectivity index (χ0v) is 11.4. The number of carbonyl (C=O) groups is 1. The average Bonchev–Trinajstić information content (AvgIpc) is 2.76. The van der Waals surface area contributed by atoms with Gasteiger partial charge in [-0.25, -0.2) is 0 Å². The van der Waals surface area contributed by atoms with Crippen molar-refractivity contribution in [2.24, 2.45) is 0 Å². The van der Waals surface area contributed by atoms with Crippen molar-refractivity contribution in [1.29, 1.82) is 0 Å². The summed E-state index contributed by atoms with van der Waals surface area (Å²) in [7, 11) is 1.62. The van der Waals surface area contributed by atoms with Crippen molar-refractivity contribution < 1.29 is 9.53 Å². The standard InChI is InChI=1S/C12H14Cl2N2O2/c1-18-10-6-15-5-9(10)16-12(17)11-7(13)3-2-4-8(11)14/h2-4,9-10,15H,5-6H2,1H3,(H,16,17)/t9?,10-/m0/s1. The van der Waals surface area contributed by atoms with E-state index in [1.807, 2.05) is 0 Å². The predicted octanol–water partition coefficient (Wildman–Crippen LogP) is 1.71. The lowest BCUT2D eigenvalue weighted by Gasteiger charge is -2.19. The van der Waals surface area contributed by atoms with Crippen molar-refractivity contribution in [3.05, 3.63) is 33.8 Å². The normalized spacial score (nSPS) is 23.1. The molecule has 1 heterocycles. The van der Waals surface area contributed by atoms with E-state index in [-0.39, 0.29) is 18.1 Å². The number of carbonyl (C=O) groups excluding carboxylic acids is 1. The highest BCUT2D eigenvalue weighted by molar-refractivity contribution is 6.39. The summed E-state index contributed by atoms with van der Waals surface area (Å²) in [5.41, 5.74) is 0.308. The zero-order valence-electron chi connectivity index (χ0n) is 9.87. The number of hydrogen-bond acceptors (Lipinski definition) is 3. The van der Waals surface area contributed by atoms with E-state index in [2.05, 4.69) is 10.6 Å². The van der Waals surface area contributed by atoms with Crippen LogP contribution in [0.1, 0.15) is 10.4 Å². The van der Waals surface area contributed by atoms with Crippen molar-refractivity contribution in [2.45, 2.75) is 12.1 Å². The first-order valence-corrected chi connectivity index (χ1v) is 6.37. The number of hydrogen-bond donors (Lipinski definition) is 2. The molecule has 2 N–H and O–H groups in total. The Morgan fingerprint density at radius 3 is 2.67 bits per heavy atom. The number of amides is 1. The first-order valence-electron chi connectivity index (χ1n) is 5.62. The van der Waals surface area contributed by atoms with Gasteiger partial charge in [-0.3, -0.25) is 4.79 Å². The van der Waals surface area contributed by atoms with Gasteiger partial charge < -0.3 is 15.4 Å². The average molecular weight is 289 g/mol. The van der Waals surface area contributed by atoms with E-state index in [1.54, 1.807) is 25.3 Å². The van der Waals surface area contributed by atoms with Crippen LogP contribution >= 0.6 is 23.2 Å². The van der Waals surface area contributed by atoms with Crippen molar-refractivity contribution in [3.63, 3.8) is 0 Å². The largest absolute Gasteiger partial charge is 0.378 e. The van der Waals surface area contributed by atoms with Crippen molar-refractivity contribution >= 4 is 29.1 Å². The predicted molar refractivity (Wildman–Crippen MR) is 71.4 cm³/mol. The van der Waals surface area contributed by atoms with Crippen LogP contribution in [-0.2, 0) is 4.74 Å². The van der Waals surface area contributed by atoms with E-state index in [0.717, 1.165) is 6.54 Å². The first kappa shape index (κ1) is 13.6. The Balaban J connectivity index is 2.12. The lowest BCUT2D eigenvalue weighted by atomic mass is 10.1. The van der Waals surface area contributed by atoms with Gasteiger partial charge in [-0.15, -0.1) is 0 Å². The molecule has 6 heteroatoms. The second-order valence-electron chi connectivity index (χ2n) is 4.11. The van der Waals surface area contributed by atoms with E-state index >= 15 is 0 Å². The molecule has 1 aliphatic heterocycles. The van der Waals surface area contributed by atoms with Gasteiger partial charge in [-0.05, 0) is 12.1 Å². The fraction of sp³-hybridized carbons (Fsp3) is 0.417. The zero-order chi connectivity index (χ0) is 13.1. The van der Waals surface area contributed by atoms with Crippen LogP contribution in [0.4, 0.5) is 0 Å². The molecule has 4 nitrogen and oxygen atoms in total. The fourth-order valence-corrected chi connectivity index (χ4v) is 2.57. The summed E-state index contributed by atoms with van der Waals surface area (Å²) in [6, 6.07) is 4.91. The Morgan fingerprint density at radius 2 is 2.06 bits per heavy atom. The van der Waals surface area contributed by atoms with Gasteiger partial charge in [0, 0.05) is 20.2 Å². The van der Waals surface area contributed by atoms with Gasteiger partial charge in [0.25, 0.3) is 5.91 Å². The first-order chi connectivity index (χ1) is 8.63. The number of benzene rings is 1. The van der Waals surface area contributed by atoms with Crippen LogP contribution in [0.2, 0.25) is 10.0 Å². The number of methoxy groups -OCH3 is 1. The summed E-state index contributed by atoms with van der Waals surface area (Å²) in [6.07, 6.45) is -0.0322. The van der Waals surface area contributed by atoms with Gasteiger partial charge in [-0.2, -0.15) is 0 Å². The summed E-state index contributed by atoms with van der Waals surface area (Å²) in [4.78, 5) is 12.1. The molecule has 0 spiro atoms. The minimum Gasteiger partial charge on any atom is -0.378 e. The molecule has 2 rings (SSSR count). The van der Waals surface area contributed by atoms with Crippen molar-refractivity contribution in [2.75, 3.05) is 20.2 Å². The molecular weight excluding hydrogens is 275 g/mol. The molecule has 98 valence electrons. The van der Waals surface area contributed by atoms with Gasteiger partial charge >= 0.3 is 0 Å². The highest BCUT2D eigenvalue weighted by Crippen LogP contribution is 2.24. The molecule has 0 aromatic heterocycles. The van der Waals surface area contributed by atoms with Gasteiger partial charge in [0.15, 0.2) is 0 Å². The molecular formula is C12H14Cl2N2O2. The van der Waals surface area contributed by atoms with E-state index in [4.69, 9.17) is 27.9 Å². The second-order valence-corrected chi connectivity index (χ2v) is 4.92. The number of nitrogens with one attached hydrogen (secondary N) is 2. The van der Waals surface area contributed by atoms with Crippen LogP contribution in [0.3, 0.4) is 0 Å². The molecule has 1 aromatic rings. The monoisotopic (exact) mass is 288 g/mol. The number of ether oxygens (including phenoxy) is 1. The van der Waals surface area contributed by atoms with Crippen LogP contribution in [0.5, 0.6) is 0 Å². The van der Waals surface area contributed by atoms with Gasteiger partial charge in [0.1, 0.15) is 0 Å². The Hall–Kier alpha value is -0.810. The summed E-state index contributed by atoms with van der Waals surface area (Å²) in [5.74, 6) is -0.277. The molecule has 0 saturated carbocycles. The van der Waals surface area contributed by atoms with E-state index in [9.17, 15) is 4.79 Å². The van der Waals surface area contributed by atoms with Crippen LogP contribution in [0.15, 0.2) is 18.2 Å². The Labute approximate surface area is 116 Å². The molecule has 0 bridgehead atoms. The minimum absolute atomic E-state index is 0.0322. The molecule has 2 atom stereocenters. The molecule has 0 aliphatic carbocycles. The van der Waals surface area contributed by atoms with Crippen LogP contribution in [0, 0.1) is 0 Å². The molecule has 1 unspecified atom stereocenters. The van der Waals surface area contributed by atoms with Gasteiger partial charge in [-0.1, -0.05) is 29.3 Å². The Bertz CT molecular complexity index is 433. The van der Waals surface area contributed by atoms with Crippen LogP contribution in [0.25, 0.3) is 0 Å². The second kappa shape index (κ2) is 5.89. The molecule has 1 aliphatic rings. The van der Waals surface area contributed by atoms with Crippen molar-refractivity contribution in [3.8, 4) is 0 Å². The minimum atomic E-state index is -0.277. The maximum Gasteiger partial charge on any atom is 0.254 e. The Morgan fingerprint density at radius 1 is 1.39 bits per heavy atom. The van der Waals surface area contributed by atoms with E-state index in [1.165, 1.54) is 0 Å². The maximum absolute atomic E-state index is 12.1. The molecule has 1 fully saturated rings. The maximum atomic E-state index is 12.1. The lowest BCUT2D eigenvalue weighted by molar-refractivity contribution is 0.0780. The molecule has 0 radical (unpaired) electrons.